The second-order valence-corrected chi connectivity index (χ2v) is 6.83. The molecule has 22 heavy (non-hydrogen) atoms. The summed E-state index contributed by atoms with van der Waals surface area (Å²) in [5, 5.41) is 20.3. The molecule has 0 bridgehead atoms. The Kier molecular flexibility index (Phi) is 4.76. The van der Waals surface area contributed by atoms with Gasteiger partial charge in [0, 0.05) is 31.1 Å². The molecule has 0 unspecified atom stereocenters. The van der Waals surface area contributed by atoms with E-state index in [1.807, 2.05) is 0 Å². The topological polar surface area (TPSA) is 118 Å². The van der Waals surface area contributed by atoms with Gasteiger partial charge in [0.1, 0.15) is 0 Å². The van der Waals surface area contributed by atoms with Crippen LogP contribution in [0.4, 0.5) is 11.4 Å². The van der Waals surface area contributed by atoms with E-state index >= 15 is 0 Å². The van der Waals surface area contributed by atoms with Crippen molar-refractivity contribution in [3.05, 3.63) is 46.3 Å². The molecule has 2 rings (SSSR count). The molecular weight excluding hydrogens is 308 g/mol. The lowest BCUT2D eigenvalue weighted by Crippen LogP contribution is -2.08. The highest BCUT2D eigenvalue weighted by atomic mass is 32.2. The van der Waals surface area contributed by atoms with Crippen LogP contribution in [0, 0.1) is 10.1 Å². The second-order valence-electron chi connectivity index (χ2n) is 4.85. The normalized spacial score (nSPS) is 11.3. The SMILES string of the molecule is CS(=O)(=O)c1cc([N+](=O)[O-])ccc1NCCCc1cn[nH]c1. The Bertz CT molecular complexity index is 756. The van der Waals surface area contributed by atoms with E-state index in [-0.39, 0.29) is 10.6 Å². The molecule has 118 valence electrons. The van der Waals surface area contributed by atoms with Crippen LogP contribution in [-0.4, -0.2) is 36.3 Å². The molecule has 0 atom stereocenters. The van der Waals surface area contributed by atoms with Crippen LogP contribution < -0.4 is 5.32 Å². The minimum absolute atomic E-state index is 0.0648. The number of aromatic amines is 1. The summed E-state index contributed by atoms with van der Waals surface area (Å²) in [6.45, 7) is 0.547. The first-order valence-electron chi connectivity index (χ1n) is 6.58. The van der Waals surface area contributed by atoms with Crippen LogP contribution >= 0.6 is 0 Å². The molecule has 0 spiro atoms. The lowest BCUT2D eigenvalue weighted by Gasteiger charge is -2.10. The van der Waals surface area contributed by atoms with Crippen molar-refractivity contribution in [2.45, 2.75) is 17.7 Å². The number of benzene rings is 1. The first-order chi connectivity index (χ1) is 10.4. The van der Waals surface area contributed by atoms with Crippen LogP contribution in [0.2, 0.25) is 0 Å². The van der Waals surface area contributed by atoms with Gasteiger partial charge in [0.15, 0.2) is 9.84 Å². The Hall–Kier alpha value is -2.42. The monoisotopic (exact) mass is 324 g/mol. The maximum atomic E-state index is 11.8. The molecule has 0 amide bonds. The average molecular weight is 324 g/mol. The van der Waals surface area contributed by atoms with Gasteiger partial charge in [-0.3, -0.25) is 15.2 Å². The Morgan fingerprint density at radius 2 is 2.18 bits per heavy atom. The number of nitro benzene ring substituents is 1. The van der Waals surface area contributed by atoms with Crippen molar-refractivity contribution in [3.8, 4) is 0 Å². The highest BCUT2D eigenvalue weighted by Crippen LogP contribution is 2.26. The molecule has 1 heterocycles. The van der Waals surface area contributed by atoms with E-state index in [4.69, 9.17) is 0 Å². The molecule has 1 aromatic heterocycles. The van der Waals surface area contributed by atoms with Crippen LogP contribution in [-0.2, 0) is 16.3 Å². The van der Waals surface area contributed by atoms with Crippen LogP contribution in [0.1, 0.15) is 12.0 Å². The number of non-ortho nitro benzene ring substituents is 1. The van der Waals surface area contributed by atoms with Crippen molar-refractivity contribution >= 4 is 21.2 Å². The summed E-state index contributed by atoms with van der Waals surface area (Å²) in [7, 11) is -3.55. The number of nitro groups is 1. The molecule has 0 aliphatic rings. The molecule has 2 N–H and O–H groups in total. The van der Waals surface area contributed by atoms with E-state index in [1.165, 1.54) is 12.1 Å². The zero-order valence-electron chi connectivity index (χ0n) is 11.9. The molecule has 0 saturated carbocycles. The van der Waals surface area contributed by atoms with Crippen molar-refractivity contribution in [2.24, 2.45) is 0 Å². The van der Waals surface area contributed by atoms with E-state index in [1.54, 1.807) is 12.4 Å². The minimum Gasteiger partial charge on any atom is -0.384 e. The van der Waals surface area contributed by atoms with Crippen LogP contribution in [0.15, 0.2) is 35.5 Å². The Labute approximate surface area is 127 Å². The molecule has 8 nitrogen and oxygen atoms in total. The minimum atomic E-state index is -3.55. The maximum absolute atomic E-state index is 11.8. The molecule has 0 aliphatic heterocycles. The van der Waals surface area contributed by atoms with E-state index in [0.29, 0.717) is 12.2 Å². The fraction of sp³-hybridized carbons (Fsp3) is 0.308. The number of aryl methyl sites for hydroxylation is 1. The van der Waals surface area contributed by atoms with Gasteiger partial charge in [-0.05, 0) is 24.5 Å². The number of hydrogen-bond acceptors (Lipinski definition) is 6. The van der Waals surface area contributed by atoms with Crippen molar-refractivity contribution in [3.63, 3.8) is 0 Å². The van der Waals surface area contributed by atoms with Gasteiger partial charge in [0.25, 0.3) is 5.69 Å². The van der Waals surface area contributed by atoms with E-state index in [2.05, 4.69) is 15.5 Å². The summed E-state index contributed by atoms with van der Waals surface area (Å²) < 4.78 is 23.5. The van der Waals surface area contributed by atoms with Crippen molar-refractivity contribution in [1.82, 2.24) is 10.2 Å². The third kappa shape index (κ3) is 4.04. The molecule has 2 aromatic rings. The lowest BCUT2D eigenvalue weighted by atomic mass is 10.2. The number of aromatic nitrogens is 2. The number of sulfone groups is 1. The Morgan fingerprint density at radius 3 is 2.77 bits per heavy atom. The lowest BCUT2D eigenvalue weighted by molar-refractivity contribution is -0.385. The number of nitrogens with one attached hydrogen (secondary N) is 2. The molecule has 0 radical (unpaired) electrons. The first kappa shape index (κ1) is 16.0. The zero-order chi connectivity index (χ0) is 16.2. The largest absolute Gasteiger partial charge is 0.384 e. The number of rotatable bonds is 7. The quantitative estimate of drug-likeness (QED) is 0.455. The van der Waals surface area contributed by atoms with Crippen LogP contribution in [0.5, 0.6) is 0 Å². The highest BCUT2D eigenvalue weighted by Gasteiger charge is 2.18. The molecule has 9 heteroatoms. The van der Waals surface area contributed by atoms with Crippen molar-refractivity contribution in [1.29, 1.82) is 0 Å². The molecule has 0 aliphatic carbocycles. The third-order valence-corrected chi connectivity index (χ3v) is 4.22. The Morgan fingerprint density at radius 1 is 1.41 bits per heavy atom. The van der Waals surface area contributed by atoms with E-state index < -0.39 is 14.8 Å². The highest BCUT2D eigenvalue weighted by molar-refractivity contribution is 7.90. The standard InChI is InChI=1S/C13H16N4O4S/c1-22(20,21)13-7-11(17(18)19)4-5-12(13)14-6-2-3-10-8-15-16-9-10/h4-5,7-9,14H,2-3,6H2,1H3,(H,15,16). The van der Waals surface area contributed by atoms with Crippen molar-refractivity contribution in [2.75, 3.05) is 18.1 Å². The molecular formula is C13H16N4O4S. The predicted octanol–water partition coefficient (Wildman–Crippen LogP) is 1.77. The zero-order valence-corrected chi connectivity index (χ0v) is 12.8. The smallest absolute Gasteiger partial charge is 0.270 e. The van der Waals surface area contributed by atoms with Gasteiger partial charge in [-0.2, -0.15) is 5.10 Å². The van der Waals surface area contributed by atoms with Crippen LogP contribution in [0.3, 0.4) is 0 Å². The summed E-state index contributed by atoms with van der Waals surface area (Å²) in [4.78, 5) is 10.1. The summed E-state index contributed by atoms with van der Waals surface area (Å²) in [6, 6.07) is 3.78. The molecule has 0 fully saturated rings. The summed E-state index contributed by atoms with van der Waals surface area (Å²) in [5.41, 5.74) is 1.19. The number of nitrogens with zero attached hydrogens (tertiary/aromatic N) is 2. The summed E-state index contributed by atoms with van der Waals surface area (Å²) >= 11 is 0. The van der Waals surface area contributed by atoms with Crippen molar-refractivity contribution < 1.29 is 13.3 Å². The fourth-order valence-corrected chi connectivity index (χ4v) is 2.88. The fourth-order valence-electron chi connectivity index (χ4n) is 2.01. The third-order valence-electron chi connectivity index (χ3n) is 3.09. The Balaban J connectivity index is 2.08. The first-order valence-corrected chi connectivity index (χ1v) is 8.47. The second kappa shape index (κ2) is 6.56. The van der Waals surface area contributed by atoms with Gasteiger partial charge < -0.3 is 5.32 Å². The van der Waals surface area contributed by atoms with Gasteiger partial charge >= 0.3 is 0 Å². The average Bonchev–Trinajstić information content (AvgIpc) is 2.95. The van der Waals surface area contributed by atoms with E-state index in [0.717, 1.165) is 30.7 Å². The van der Waals surface area contributed by atoms with Gasteiger partial charge in [0.2, 0.25) is 0 Å². The van der Waals surface area contributed by atoms with E-state index in [9.17, 15) is 18.5 Å². The molecule has 0 saturated heterocycles. The van der Waals surface area contributed by atoms with Gasteiger partial charge in [-0.1, -0.05) is 0 Å². The van der Waals surface area contributed by atoms with Gasteiger partial charge in [0.05, 0.1) is 21.7 Å². The van der Waals surface area contributed by atoms with Gasteiger partial charge in [-0.15, -0.1) is 0 Å². The van der Waals surface area contributed by atoms with Crippen LogP contribution in [0.25, 0.3) is 0 Å². The summed E-state index contributed by atoms with van der Waals surface area (Å²) in [6.07, 6.45) is 6.13. The summed E-state index contributed by atoms with van der Waals surface area (Å²) in [5.74, 6) is 0. The predicted molar refractivity (Wildman–Crippen MR) is 81.6 cm³/mol. The number of H-pyrrole nitrogens is 1. The number of hydrogen-bond donors (Lipinski definition) is 2. The maximum Gasteiger partial charge on any atom is 0.270 e. The van der Waals surface area contributed by atoms with Gasteiger partial charge in [-0.25, -0.2) is 8.42 Å². The molecule has 1 aromatic carbocycles. The number of anilines is 1.